The molecule has 2 rings (SSSR count). The smallest absolute Gasteiger partial charge is 0.312 e. The Bertz CT molecular complexity index is 399. The van der Waals surface area contributed by atoms with E-state index >= 15 is 0 Å². The van der Waals surface area contributed by atoms with Crippen molar-refractivity contribution in [3.63, 3.8) is 0 Å². The van der Waals surface area contributed by atoms with Gasteiger partial charge in [-0.25, -0.2) is 0 Å². The van der Waals surface area contributed by atoms with E-state index in [-0.39, 0.29) is 5.38 Å². The molecule has 0 saturated heterocycles. The summed E-state index contributed by atoms with van der Waals surface area (Å²) in [4.78, 5) is 0. The van der Waals surface area contributed by atoms with Crippen molar-refractivity contribution < 1.29 is 13.2 Å². The van der Waals surface area contributed by atoms with Crippen LogP contribution in [-0.4, -0.2) is 11.9 Å². The standard InChI is InChI=1S/C13H15ClF3N/c14-12-5-10(6-12)8-18-7-9-2-1-3-11(4-9)13(15,16)17/h1-4,10,12,18H,5-8H2. The van der Waals surface area contributed by atoms with E-state index in [4.69, 9.17) is 11.6 Å². The van der Waals surface area contributed by atoms with Gasteiger partial charge in [-0.1, -0.05) is 18.2 Å². The molecule has 0 amide bonds. The highest BCUT2D eigenvalue weighted by molar-refractivity contribution is 6.21. The maximum absolute atomic E-state index is 12.5. The molecule has 1 aromatic carbocycles. The zero-order valence-electron chi connectivity index (χ0n) is 9.80. The van der Waals surface area contributed by atoms with E-state index in [1.165, 1.54) is 12.1 Å². The quantitative estimate of drug-likeness (QED) is 0.825. The Morgan fingerprint density at radius 1 is 1.28 bits per heavy atom. The first-order chi connectivity index (χ1) is 8.45. The lowest BCUT2D eigenvalue weighted by Gasteiger charge is -2.31. The van der Waals surface area contributed by atoms with Gasteiger partial charge >= 0.3 is 6.18 Å². The zero-order valence-corrected chi connectivity index (χ0v) is 10.6. The molecule has 1 nitrogen and oxygen atoms in total. The molecule has 5 heteroatoms. The number of halogens is 4. The van der Waals surface area contributed by atoms with Crippen LogP contribution in [0.3, 0.4) is 0 Å². The average Bonchev–Trinajstić information content (AvgIpc) is 2.26. The maximum atomic E-state index is 12.5. The first-order valence-corrected chi connectivity index (χ1v) is 6.39. The lowest BCUT2D eigenvalue weighted by Crippen LogP contribution is -2.33. The molecule has 0 atom stereocenters. The Balaban J connectivity index is 1.82. The van der Waals surface area contributed by atoms with Crippen molar-refractivity contribution in [2.24, 2.45) is 5.92 Å². The predicted octanol–water partition coefficient (Wildman–Crippen LogP) is 3.81. The Labute approximate surface area is 109 Å². The number of nitrogens with one attached hydrogen (secondary N) is 1. The molecule has 0 aliphatic heterocycles. The number of hydrogen-bond donors (Lipinski definition) is 1. The van der Waals surface area contributed by atoms with Crippen LogP contribution in [0.15, 0.2) is 24.3 Å². The van der Waals surface area contributed by atoms with Gasteiger partial charge in [0.05, 0.1) is 5.56 Å². The average molecular weight is 278 g/mol. The van der Waals surface area contributed by atoms with E-state index in [2.05, 4.69) is 5.32 Å². The van der Waals surface area contributed by atoms with Gasteiger partial charge in [-0.2, -0.15) is 13.2 Å². The van der Waals surface area contributed by atoms with E-state index < -0.39 is 11.7 Å². The van der Waals surface area contributed by atoms with E-state index in [0.717, 1.165) is 25.5 Å². The first-order valence-electron chi connectivity index (χ1n) is 5.96. The Hall–Kier alpha value is -0.740. The molecular weight excluding hydrogens is 263 g/mol. The Morgan fingerprint density at radius 2 is 2.00 bits per heavy atom. The SMILES string of the molecule is FC(F)(F)c1cccc(CNCC2CC(Cl)C2)c1. The molecular formula is C13H15ClF3N. The van der Waals surface area contributed by atoms with Gasteiger partial charge in [-0.05, 0) is 36.9 Å². The first kappa shape index (κ1) is 13.7. The van der Waals surface area contributed by atoms with Crippen molar-refractivity contribution in [2.75, 3.05) is 6.54 Å². The van der Waals surface area contributed by atoms with Gasteiger partial charge in [0.2, 0.25) is 0 Å². The predicted molar refractivity (Wildman–Crippen MR) is 65.5 cm³/mol. The van der Waals surface area contributed by atoms with Crippen LogP contribution in [0.2, 0.25) is 0 Å². The lowest BCUT2D eigenvalue weighted by atomic mass is 9.85. The fourth-order valence-corrected chi connectivity index (χ4v) is 2.60. The molecule has 1 aliphatic carbocycles. The van der Waals surface area contributed by atoms with Gasteiger partial charge in [-0.15, -0.1) is 11.6 Å². The minimum atomic E-state index is -4.27. The van der Waals surface area contributed by atoms with Crippen molar-refractivity contribution in [3.8, 4) is 0 Å². The van der Waals surface area contributed by atoms with Crippen LogP contribution in [0.5, 0.6) is 0 Å². The van der Waals surface area contributed by atoms with Crippen LogP contribution < -0.4 is 5.32 Å². The summed E-state index contributed by atoms with van der Waals surface area (Å²) in [6.07, 6.45) is -2.27. The van der Waals surface area contributed by atoms with Gasteiger partial charge in [0.15, 0.2) is 0 Å². The summed E-state index contributed by atoms with van der Waals surface area (Å²) in [6, 6.07) is 5.43. The molecule has 1 aliphatic rings. The third kappa shape index (κ3) is 3.62. The lowest BCUT2D eigenvalue weighted by molar-refractivity contribution is -0.137. The fourth-order valence-electron chi connectivity index (χ4n) is 2.10. The molecule has 0 spiro atoms. The molecule has 0 unspecified atom stereocenters. The summed E-state index contributed by atoms with van der Waals surface area (Å²) in [5, 5.41) is 3.46. The molecule has 18 heavy (non-hydrogen) atoms. The fraction of sp³-hybridized carbons (Fsp3) is 0.538. The second-order valence-electron chi connectivity index (χ2n) is 4.76. The minimum Gasteiger partial charge on any atom is -0.312 e. The largest absolute Gasteiger partial charge is 0.416 e. The summed E-state index contributed by atoms with van der Waals surface area (Å²) in [6.45, 7) is 1.28. The van der Waals surface area contributed by atoms with E-state index in [1.54, 1.807) is 6.07 Å². The van der Waals surface area contributed by atoms with Crippen LogP contribution in [0, 0.1) is 5.92 Å². The van der Waals surface area contributed by atoms with E-state index in [9.17, 15) is 13.2 Å². The number of hydrogen-bond acceptors (Lipinski definition) is 1. The van der Waals surface area contributed by atoms with E-state index in [0.29, 0.717) is 18.0 Å². The van der Waals surface area contributed by atoms with E-state index in [1.807, 2.05) is 0 Å². The van der Waals surface area contributed by atoms with Crippen LogP contribution in [0.25, 0.3) is 0 Å². The second kappa shape index (κ2) is 5.49. The number of rotatable bonds is 4. The summed E-state index contributed by atoms with van der Waals surface area (Å²) in [7, 11) is 0. The van der Waals surface area contributed by atoms with Crippen LogP contribution >= 0.6 is 11.6 Å². The van der Waals surface area contributed by atoms with Crippen molar-refractivity contribution in [3.05, 3.63) is 35.4 Å². The molecule has 0 heterocycles. The van der Waals surface area contributed by atoms with Crippen LogP contribution in [0.1, 0.15) is 24.0 Å². The van der Waals surface area contributed by atoms with Crippen molar-refractivity contribution >= 4 is 11.6 Å². The normalized spacial score (nSPS) is 23.8. The maximum Gasteiger partial charge on any atom is 0.416 e. The highest BCUT2D eigenvalue weighted by atomic mass is 35.5. The molecule has 0 radical (unpaired) electrons. The van der Waals surface area contributed by atoms with Gasteiger partial charge in [0, 0.05) is 11.9 Å². The minimum absolute atomic E-state index is 0.283. The molecule has 1 aromatic rings. The second-order valence-corrected chi connectivity index (χ2v) is 5.38. The molecule has 1 N–H and O–H groups in total. The zero-order chi connectivity index (χ0) is 13.2. The van der Waals surface area contributed by atoms with Gasteiger partial charge in [0.1, 0.15) is 0 Å². The Kier molecular flexibility index (Phi) is 4.17. The summed E-state index contributed by atoms with van der Waals surface area (Å²) in [5.74, 6) is 0.568. The van der Waals surface area contributed by atoms with Gasteiger partial charge in [-0.3, -0.25) is 0 Å². The molecule has 1 fully saturated rings. The number of alkyl halides is 4. The highest BCUT2D eigenvalue weighted by Gasteiger charge is 2.30. The highest BCUT2D eigenvalue weighted by Crippen LogP contribution is 2.31. The summed E-state index contributed by atoms with van der Waals surface area (Å²) < 4.78 is 37.5. The van der Waals surface area contributed by atoms with Crippen LogP contribution in [-0.2, 0) is 12.7 Å². The van der Waals surface area contributed by atoms with Gasteiger partial charge < -0.3 is 5.32 Å². The van der Waals surface area contributed by atoms with Crippen molar-refractivity contribution in [1.29, 1.82) is 0 Å². The number of benzene rings is 1. The Morgan fingerprint density at radius 3 is 2.61 bits per heavy atom. The topological polar surface area (TPSA) is 12.0 Å². The van der Waals surface area contributed by atoms with Gasteiger partial charge in [0.25, 0.3) is 0 Å². The molecule has 100 valence electrons. The third-order valence-electron chi connectivity index (χ3n) is 3.19. The molecule has 1 saturated carbocycles. The third-order valence-corrected chi connectivity index (χ3v) is 3.55. The van der Waals surface area contributed by atoms with Crippen molar-refractivity contribution in [1.82, 2.24) is 5.32 Å². The summed E-state index contributed by atoms with van der Waals surface area (Å²) in [5.41, 5.74) is 0.0674. The van der Waals surface area contributed by atoms with Crippen LogP contribution in [0.4, 0.5) is 13.2 Å². The monoisotopic (exact) mass is 277 g/mol. The molecule has 0 aromatic heterocycles. The van der Waals surface area contributed by atoms with Crippen molar-refractivity contribution in [2.45, 2.75) is 30.9 Å². The summed E-state index contributed by atoms with van der Waals surface area (Å²) >= 11 is 5.86. The molecule has 0 bridgehead atoms.